The van der Waals surface area contributed by atoms with Gasteiger partial charge < -0.3 is 14.4 Å². The minimum atomic E-state index is -3.92. The Bertz CT molecular complexity index is 1220. The van der Waals surface area contributed by atoms with Crippen molar-refractivity contribution < 1.29 is 22.7 Å². The Balaban J connectivity index is 1.64. The van der Waals surface area contributed by atoms with Crippen molar-refractivity contribution in [3.05, 3.63) is 64.9 Å². The van der Waals surface area contributed by atoms with Gasteiger partial charge in [0.15, 0.2) is 0 Å². The summed E-state index contributed by atoms with van der Waals surface area (Å²) >= 11 is 1.11. The number of methoxy groups -OCH3 is 1. The molecule has 33 heavy (non-hydrogen) atoms. The summed E-state index contributed by atoms with van der Waals surface area (Å²) in [6.45, 7) is 3.57. The van der Waals surface area contributed by atoms with Crippen molar-refractivity contribution in [2.45, 2.75) is 11.8 Å². The van der Waals surface area contributed by atoms with Gasteiger partial charge in [0.2, 0.25) is 10.0 Å². The van der Waals surface area contributed by atoms with Crippen LogP contribution in [0.25, 0.3) is 11.1 Å². The van der Waals surface area contributed by atoms with Crippen molar-refractivity contribution in [3.8, 4) is 16.9 Å². The van der Waals surface area contributed by atoms with Crippen LogP contribution in [0.4, 0.5) is 5.69 Å². The van der Waals surface area contributed by atoms with Crippen molar-refractivity contribution in [2.75, 3.05) is 44.8 Å². The van der Waals surface area contributed by atoms with Crippen molar-refractivity contribution in [2.24, 2.45) is 0 Å². The molecule has 2 heterocycles. The Morgan fingerprint density at radius 3 is 2.42 bits per heavy atom. The maximum absolute atomic E-state index is 13.8. The third kappa shape index (κ3) is 4.75. The normalized spacial score (nSPS) is 14.8. The van der Waals surface area contributed by atoms with Crippen molar-refractivity contribution in [1.82, 2.24) is 4.31 Å². The SMILES string of the molecule is CCOC(=O)c1scc(-c2ccccc2)c1S(=O)(=O)N1CCN(c2cccc(OC)c2)CC1. The fraction of sp³-hybridized carbons (Fsp3) is 0.292. The summed E-state index contributed by atoms with van der Waals surface area (Å²) < 4.78 is 39.5. The number of carbonyl (C=O) groups is 1. The lowest BCUT2D eigenvalue weighted by Gasteiger charge is -2.35. The van der Waals surface area contributed by atoms with E-state index in [2.05, 4.69) is 4.90 Å². The van der Waals surface area contributed by atoms with Crippen LogP contribution in [0.5, 0.6) is 5.75 Å². The summed E-state index contributed by atoms with van der Waals surface area (Å²) in [6.07, 6.45) is 0. The Hall–Kier alpha value is -2.88. The minimum absolute atomic E-state index is 0.0342. The molecule has 0 saturated carbocycles. The molecule has 0 radical (unpaired) electrons. The van der Waals surface area contributed by atoms with Gasteiger partial charge in [0.1, 0.15) is 15.5 Å². The molecule has 1 aliphatic heterocycles. The third-order valence-electron chi connectivity index (χ3n) is 5.55. The van der Waals surface area contributed by atoms with Gasteiger partial charge in [-0.05, 0) is 24.6 Å². The number of sulfonamides is 1. The average molecular weight is 487 g/mol. The number of ether oxygens (including phenoxy) is 2. The number of nitrogens with zero attached hydrogens (tertiary/aromatic N) is 2. The predicted molar refractivity (Wildman–Crippen MR) is 130 cm³/mol. The molecule has 3 aromatic rings. The van der Waals surface area contributed by atoms with Gasteiger partial charge in [0.25, 0.3) is 0 Å². The second kappa shape index (κ2) is 9.94. The minimum Gasteiger partial charge on any atom is -0.497 e. The van der Waals surface area contributed by atoms with Gasteiger partial charge in [-0.3, -0.25) is 0 Å². The van der Waals surface area contributed by atoms with Gasteiger partial charge in [0.05, 0.1) is 13.7 Å². The molecule has 1 aliphatic rings. The second-order valence-corrected chi connectivity index (χ2v) is 10.2. The van der Waals surface area contributed by atoms with Crippen molar-refractivity contribution >= 4 is 33.0 Å². The number of benzene rings is 2. The maximum atomic E-state index is 13.8. The first-order valence-electron chi connectivity index (χ1n) is 10.7. The fourth-order valence-electron chi connectivity index (χ4n) is 3.88. The van der Waals surface area contributed by atoms with Crippen LogP contribution in [0, 0.1) is 0 Å². The number of hydrogen-bond donors (Lipinski definition) is 0. The predicted octanol–water partition coefficient (Wildman–Crippen LogP) is 4.11. The molecule has 1 fully saturated rings. The zero-order valence-electron chi connectivity index (χ0n) is 18.6. The van der Waals surface area contributed by atoms with Gasteiger partial charge in [-0.15, -0.1) is 11.3 Å². The van der Waals surface area contributed by atoms with E-state index in [0.29, 0.717) is 31.7 Å². The summed E-state index contributed by atoms with van der Waals surface area (Å²) in [7, 11) is -2.30. The number of esters is 1. The molecule has 0 atom stereocenters. The molecule has 1 saturated heterocycles. The Kier molecular flexibility index (Phi) is 7.02. The molecule has 0 aliphatic carbocycles. The van der Waals surface area contributed by atoms with E-state index in [1.54, 1.807) is 19.4 Å². The third-order valence-corrected chi connectivity index (χ3v) is 8.62. The van der Waals surface area contributed by atoms with E-state index < -0.39 is 16.0 Å². The molecule has 7 nitrogen and oxygen atoms in total. The van der Waals surface area contributed by atoms with E-state index in [0.717, 1.165) is 28.3 Å². The largest absolute Gasteiger partial charge is 0.497 e. The summed E-state index contributed by atoms with van der Waals surface area (Å²) in [4.78, 5) is 14.9. The average Bonchev–Trinajstić information content (AvgIpc) is 3.31. The highest BCUT2D eigenvalue weighted by atomic mass is 32.2. The van der Waals surface area contributed by atoms with Crippen LogP contribution in [0.15, 0.2) is 64.9 Å². The van der Waals surface area contributed by atoms with Crippen LogP contribution in [0.2, 0.25) is 0 Å². The highest BCUT2D eigenvalue weighted by Crippen LogP contribution is 2.38. The van der Waals surface area contributed by atoms with Crippen LogP contribution in [-0.4, -0.2) is 58.6 Å². The molecular weight excluding hydrogens is 460 g/mol. The van der Waals surface area contributed by atoms with E-state index in [-0.39, 0.29) is 16.4 Å². The van der Waals surface area contributed by atoms with E-state index in [4.69, 9.17) is 9.47 Å². The smallest absolute Gasteiger partial charge is 0.349 e. The van der Waals surface area contributed by atoms with E-state index in [1.807, 2.05) is 54.6 Å². The van der Waals surface area contributed by atoms with Crippen LogP contribution in [-0.2, 0) is 14.8 Å². The van der Waals surface area contributed by atoms with Gasteiger partial charge in [-0.1, -0.05) is 36.4 Å². The van der Waals surface area contributed by atoms with Crippen LogP contribution < -0.4 is 9.64 Å². The number of carbonyl (C=O) groups excluding carboxylic acids is 1. The zero-order chi connectivity index (χ0) is 23.4. The Morgan fingerprint density at radius 1 is 1.03 bits per heavy atom. The number of rotatable bonds is 7. The van der Waals surface area contributed by atoms with E-state index in [1.165, 1.54) is 4.31 Å². The fourth-order valence-corrected chi connectivity index (χ4v) is 6.95. The summed E-state index contributed by atoms with van der Waals surface area (Å²) in [5, 5.41) is 1.72. The lowest BCUT2D eigenvalue weighted by molar-refractivity contribution is 0.0528. The molecule has 0 N–H and O–H groups in total. The first kappa shape index (κ1) is 23.3. The molecule has 0 unspecified atom stereocenters. The van der Waals surface area contributed by atoms with Crippen molar-refractivity contribution in [3.63, 3.8) is 0 Å². The maximum Gasteiger partial charge on any atom is 0.349 e. The molecule has 9 heteroatoms. The van der Waals surface area contributed by atoms with Gasteiger partial charge in [0, 0.05) is 48.9 Å². The van der Waals surface area contributed by atoms with Gasteiger partial charge in [-0.2, -0.15) is 4.31 Å². The standard InChI is InChI=1S/C24H26N2O5S2/c1-3-31-24(27)22-23(21(17-32-22)18-8-5-4-6-9-18)33(28,29)26-14-12-25(13-15-26)19-10-7-11-20(16-19)30-2/h4-11,16-17H,3,12-15H2,1-2H3. The summed E-state index contributed by atoms with van der Waals surface area (Å²) in [5.74, 6) is 0.144. The van der Waals surface area contributed by atoms with Gasteiger partial charge >= 0.3 is 5.97 Å². The molecule has 0 spiro atoms. The zero-order valence-corrected chi connectivity index (χ0v) is 20.2. The van der Waals surface area contributed by atoms with Gasteiger partial charge in [-0.25, -0.2) is 13.2 Å². The quantitative estimate of drug-likeness (QED) is 0.468. The lowest BCUT2D eigenvalue weighted by atomic mass is 10.1. The Labute approximate surface area is 198 Å². The first-order chi connectivity index (χ1) is 16.0. The number of hydrogen-bond acceptors (Lipinski definition) is 7. The molecule has 174 valence electrons. The highest BCUT2D eigenvalue weighted by Gasteiger charge is 2.36. The van der Waals surface area contributed by atoms with Crippen LogP contribution in [0.1, 0.15) is 16.6 Å². The molecule has 1 aromatic heterocycles. The molecule has 4 rings (SSSR count). The lowest BCUT2D eigenvalue weighted by Crippen LogP contribution is -2.48. The van der Waals surface area contributed by atoms with E-state index in [9.17, 15) is 13.2 Å². The van der Waals surface area contributed by atoms with Crippen molar-refractivity contribution in [1.29, 1.82) is 0 Å². The number of thiophene rings is 1. The number of piperazine rings is 1. The van der Waals surface area contributed by atoms with Crippen LogP contribution >= 0.6 is 11.3 Å². The topological polar surface area (TPSA) is 76.2 Å². The number of anilines is 1. The second-order valence-electron chi connectivity index (χ2n) is 7.49. The van der Waals surface area contributed by atoms with E-state index >= 15 is 0 Å². The summed E-state index contributed by atoms with van der Waals surface area (Å²) in [6, 6.07) is 17.0. The molecule has 0 amide bonds. The first-order valence-corrected chi connectivity index (χ1v) is 13.0. The molecule has 0 bridgehead atoms. The Morgan fingerprint density at radius 2 is 1.76 bits per heavy atom. The molecular formula is C24H26N2O5S2. The summed E-state index contributed by atoms with van der Waals surface area (Å²) in [5.41, 5.74) is 2.26. The monoisotopic (exact) mass is 486 g/mol. The highest BCUT2D eigenvalue weighted by molar-refractivity contribution is 7.89. The molecule has 2 aromatic carbocycles. The van der Waals surface area contributed by atoms with Crippen LogP contribution in [0.3, 0.4) is 0 Å².